The molecule has 35 heavy (non-hydrogen) atoms. The van der Waals surface area contributed by atoms with E-state index in [9.17, 15) is 27.9 Å². The molecule has 0 spiro atoms. The zero-order valence-corrected chi connectivity index (χ0v) is 19.4. The number of hydrogen-bond donors (Lipinski definition) is 1. The average molecular weight is 479 g/mol. The Kier molecular flexibility index (Phi) is 6.28. The number of hydrogen-bond acceptors (Lipinski definition) is 3. The maximum absolute atomic E-state index is 13.2. The van der Waals surface area contributed by atoms with Gasteiger partial charge < -0.3 is 5.11 Å². The highest BCUT2D eigenvalue weighted by Crippen LogP contribution is 2.43. The van der Waals surface area contributed by atoms with Crippen molar-refractivity contribution in [2.24, 2.45) is 0 Å². The van der Waals surface area contributed by atoms with Crippen LogP contribution in [0.5, 0.6) is 0 Å². The van der Waals surface area contributed by atoms with E-state index in [1.54, 1.807) is 36.4 Å². The van der Waals surface area contributed by atoms with Gasteiger partial charge in [-0.05, 0) is 48.2 Å². The van der Waals surface area contributed by atoms with Crippen LogP contribution in [0.1, 0.15) is 53.6 Å². The average Bonchev–Trinajstić information content (AvgIpc) is 3.09. The van der Waals surface area contributed by atoms with Crippen LogP contribution in [0.3, 0.4) is 0 Å². The van der Waals surface area contributed by atoms with Crippen LogP contribution in [0, 0.1) is 6.92 Å². The number of aliphatic hydroxyl groups excluding tert-OH is 1. The van der Waals surface area contributed by atoms with Crippen molar-refractivity contribution in [1.82, 2.24) is 0 Å². The summed E-state index contributed by atoms with van der Waals surface area (Å²) in [7, 11) is 0. The normalized spacial score (nSPS) is 17.9. The second-order valence-electron chi connectivity index (χ2n) is 8.90. The summed E-state index contributed by atoms with van der Waals surface area (Å²) in [4.78, 5) is 27.5. The van der Waals surface area contributed by atoms with Crippen molar-refractivity contribution in [2.75, 3.05) is 4.90 Å². The maximum Gasteiger partial charge on any atom is 0.416 e. The third-order valence-electron chi connectivity index (χ3n) is 6.16. The maximum atomic E-state index is 13.2. The molecule has 1 amide bonds. The molecule has 180 valence electrons. The monoisotopic (exact) mass is 479 g/mol. The van der Waals surface area contributed by atoms with E-state index in [-0.39, 0.29) is 22.9 Å². The molecule has 1 fully saturated rings. The van der Waals surface area contributed by atoms with Gasteiger partial charge in [-0.25, -0.2) is 0 Å². The summed E-state index contributed by atoms with van der Waals surface area (Å²) >= 11 is 0. The van der Waals surface area contributed by atoms with E-state index in [4.69, 9.17) is 0 Å². The Balaban J connectivity index is 1.89. The number of nitrogens with zero attached hydrogens (tertiary/aromatic N) is 1. The van der Waals surface area contributed by atoms with Crippen LogP contribution in [0.2, 0.25) is 0 Å². The largest absolute Gasteiger partial charge is 0.507 e. The molecule has 1 aliphatic heterocycles. The fourth-order valence-electron chi connectivity index (χ4n) is 4.16. The molecule has 7 heteroatoms. The van der Waals surface area contributed by atoms with Crippen molar-refractivity contribution in [3.05, 3.63) is 106 Å². The molecule has 0 saturated carbocycles. The van der Waals surface area contributed by atoms with Gasteiger partial charge in [0.2, 0.25) is 0 Å². The molecule has 3 aromatic rings. The van der Waals surface area contributed by atoms with Crippen LogP contribution in [-0.4, -0.2) is 16.8 Å². The number of ketones is 1. The van der Waals surface area contributed by atoms with Crippen LogP contribution in [-0.2, 0) is 15.8 Å². The van der Waals surface area contributed by atoms with Gasteiger partial charge in [-0.1, -0.05) is 67.9 Å². The molecule has 0 radical (unpaired) electrons. The minimum Gasteiger partial charge on any atom is -0.507 e. The standard InChI is InChI=1S/C28H24F3NO3/c1-16(2)18-8-10-19(11-9-18)24-23(25(33)20-6-4-17(3)5-7-20)26(34)27(35)32(24)22-14-12-21(13-15-22)28(29,30)31/h4-16,24,33H,1-3H3. The quantitative estimate of drug-likeness (QED) is 0.255. The van der Waals surface area contributed by atoms with Crippen LogP contribution in [0.4, 0.5) is 18.9 Å². The zero-order valence-electron chi connectivity index (χ0n) is 19.4. The number of carbonyl (C=O) groups is 2. The number of aliphatic hydroxyl groups is 1. The SMILES string of the molecule is Cc1ccc(C(O)=C2C(=O)C(=O)N(c3ccc(C(F)(F)F)cc3)C2c2ccc(C(C)C)cc2)cc1. The summed E-state index contributed by atoms with van der Waals surface area (Å²) in [6.07, 6.45) is -4.54. The highest BCUT2D eigenvalue weighted by molar-refractivity contribution is 6.51. The van der Waals surface area contributed by atoms with E-state index in [0.717, 1.165) is 40.3 Å². The first-order valence-electron chi connectivity index (χ1n) is 11.1. The molecule has 1 unspecified atom stereocenters. The van der Waals surface area contributed by atoms with Gasteiger partial charge in [-0.2, -0.15) is 13.2 Å². The number of aryl methyl sites for hydroxylation is 1. The summed E-state index contributed by atoms with van der Waals surface area (Å²) < 4.78 is 39.3. The third-order valence-corrected chi connectivity index (χ3v) is 6.16. The van der Waals surface area contributed by atoms with Crippen molar-refractivity contribution in [1.29, 1.82) is 0 Å². The number of rotatable bonds is 4. The molecular weight excluding hydrogens is 455 g/mol. The number of Topliss-reactive ketones (excluding diaryl/α,β-unsaturated/α-hetero) is 1. The van der Waals surface area contributed by atoms with Gasteiger partial charge in [0.25, 0.3) is 11.7 Å². The second kappa shape index (κ2) is 9.06. The first-order valence-corrected chi connectivity index (χ1v) is 11.1. The Hall–Kier alpha value is -3.87. The van der Waals surface area contributed by atoms with E-state index < -0.39 is 29.5 Å². The first kappa shape index (κ1) is 24.3. The number of alkyl halides is 3. The van der Waals surface area contributed by atoms with Crippen molar-refractivity contribution < 1.29 is 27.9 Å². The Morgan fingerprint density at radius 3 is 1.97 bits per heavy atom. The molecular formula is C28H24F3NO3. The zero-order chi connectivity index (χ0) is 25.5. The Bertz CT molecular complexity index is 1290. The van der Waals surface area contributed by atoms with Crippen LogP contribution >= 0.6 is 0 Å². The molecule has 1 saturated heterocycles. The highest BCUT2D eigenvalue weighted by atomic mass is 19.4. The molecule has 0 aliphatic carbocycles. The summed E-state index contributed by atoms with van der Waals surface area (Å²) in [5.41, 5.74) is 2.06. The van der Waals surface area contributed by atoms with Crippen LogP contribution in [0.15, 0.2) is 78.4 Å². The number of halogens is 3. The number of benzene rings is 3. The summed E-state index contributed by atoms with van der Waals surface area (Å²) in [5, 5.41) is 11.1. The first-order chi connectivity index (χ1) is 16.5. The molecule has 1 atom stereocenters. The summed E-state index contributed by atoms with van der Waals surface area (Å²) in [6.45, 7) is 5.94. The predicted molar refractivity (Wildman–Crippen MR) is 128 cm³/mol. The molecule has 0 bridgehead atoms. The fourth-order valence-corrected chi connectivity index (χ4v) is 4.16. The lowest BCUT2D eigenvalue weighted by atomic mass is 9.93. The van der Waals surface area contributed by atoms with Gasteiger partial charge in [0.05, 0.1) is 17.2 Å². The summed E-state index contributed by atoms with van der Waals surface area (Å²) in [5.74, 6) is -1.91. The van der Waals surface area contributed by atoms with Crippen molar-refractivity contribution in [3.8, 4) is 0 Å². The van der Waals surface area contributed by atoms with E-state index in [0.29, 0.717) is 11.1 Å². The molecule has 1 heterocycles. The lowest BCUT2D eigenvalue weighted by molar-refractivity contribution is -0.137. The minimum absolute atomic E-state index is 0.115. The Morgan fingerprint density at radius 1 is 0.886 bits per heavy atom. The van der Waals surface area contributed by atoms with Crippen molar-refractivity contribution >= 4 is 23.1 Å². The highest BCUT2D eigenvalue weighted by Gasteiger charge is 2.47. The predicted octanol–water partition coefficient (Wildman–Crippen LogP) is 6.76. The third kappa shape index (κ3) is 4.58. The molecule has 4 nitrogen and oxygen atoms in total. The van der Waals surface area contributed by atoms with E-state index in [1.165, 1.54) is 0 Å². The molecule has 0 aromatic heterocycles. The van der Waals surface area contributed by atoms with E-state index in [1.807, 2.05) is 32.9 Å². The molecule has 1 N–H and O–H groups in total. The fraction of sp³-hybridized carbons (Fsp3) is 0.214. The van der Waals surface area contributed by atoms with Gasteiger partial charge in [0, 0.05) is 11.3 Å². The van der Waals surface area contributed by atoms with E-state index >= 15 is 0 Å². The minimum atomic E-state index is -4.54. The van der Waals surface area contributed by atoms with Gasteiger partial charge in [-0.15, -0.1) is 0 Å². The molecule has 1 aliphatic rings. The Morgan fingerprint density at radius 2 is 1.46 bits per heavy atom. The van der Waals surface area contributed by atoms with Crippen molar-refractivity contribution in [3.63, 3.8) is 0 Å². The summed E-state index contributed by atoms with van der Waals surface area (Å²) in [6, 6.07) is 17.2. The topological polar surface area (TPSA) is 57.6 Å². The second-order valence-corrected chi connectivity index (χ2v) is 8.90. The van der Waals surface area contributed by atoms with Gasteiger partial charge in [0.15, 0.2) is 0 Å². The van der Waals surface area contributed by atoms with Gasteiger partial charge >= 0.3 is 6.18 Å². The molecule has 4 rings (SSSR count). The van der Waals surface area contributed by atoms with Gasteiger partial charge in [0.1, 0.15) is 5.76 Å². The van der Waals surface area contributed by atoms with Crippen LogP contribution in [0.25, 0.3) is 5.76 Å². The van der Waals surface area contributed by atoms with Gasteiger partial charge in [-0.3, -0.25) is 14.5 Å². The number of amides is 1. The van der Waals surface area contributed by atoms with E-state index in [2.05, 4.69) is 0 Å². The lowest BCUT2D eigenvalue weighted by Crippen LogP contribution is -2.29. The van der Waals surface area contributed by atoms with Crippen LogP contribution < -0.4 is 4.90 Å². The number of carbonyl (C=O) groups excluding carboxylic acids is 2. The molecule has 3 aromatic carbocycles. The smallest absolute Gasteiger partial charge is 0.416 e. The van der Waals surface area contributed by atoms with Crippen molar-refractivity contribution in [2.45, 2.75) is 38.9 Å². The number of anilines is 1. The lowest BCUT2D eigenvalue weighted by Gasteiger charge is -2.26. The Labute approximate surface area is 201 Å².